The van der Waals surface area contributed by atoms with E-state index in [4.69, 9.17) is 0 Å². The molecule has 0 unspecified atom stereocenters. The smallest absolute Gasteiger partial charge is 0.261 e. The van der Waals surface area contributed by atoms with Crippen LogP contribution in [0.25, 0.3) is 10.9 Å². The predicted molar refractivity (Wildman–Crippen MR) is 97.8 cm³/mol. The highest BCUT2D eigenvalue weighted by Gasteiger charge is 2.15. The second-order valence-corrected chi connectivity index (χ2v) is 5.86. The second-order valence-electron chi connectivity index (χ2n) is 5.86. The summed E-state index contributed by atoms with van der Waals surface area (Å²) in [6, 6.07) is 10.4. The van der Waals surface area contributed by atoms with Crippen LogP contribution in [-0.4, -0.2) is 16.4 Å². The quantitative estimate of drug-likeness (QED) is 0.760. The van der Waals surface area contributed by atoms with Gasteiger partial charge in [0.15, 0.2) is 0 Å². The van der Waals surface area contributed by atoms with Crippen LogP contribution in [0.1, 0.15) is 17.3 Å². The third-order valence-electron chi connectivity index (χ3n) is 3.84. The number of benzene rings is 2. The first kappa shape index (κ1) is 17.3. The zero-order valence-electron chi connectivity index (χ0n) is 14.2. The zero-order chi connectivity index (χ0) is 18.8. The summed E-state index contributed by atoms with van der Waals surface area (Å²) in [6.07, 6.45) is 1.41. The topological polar surface area (TPSA) is 80.2 Å². The van der Waals surface area contributed by atoms with Crippen LogP contribution in [0, 0.1) is 5.82 Å². The van der Waals surface area contributed by atoms with Gasteiger partial charge in [-0.05, 0) is 36.4 Å². The van der Waals surface area contributed by atoms with Crippen molar-refractivity contribution in [1.29, 1.82) is 0 Å². The SMILES string of the molecule is CC(=O)Nc1cccc(NC(=O)c2cn(C)c3ccc(F)cc3c2=O)c1. The van der Waals surface area contributed by atoms with Gasteiger partial charge in [-0.25, -0.2) is 4.39 Å². The van der Waals surface area contributed by atoms with Crippen LogP contribution >= 0.6 is 0 Å². The number of hydrogen-bond acceptors (Lipinski definition) is 3. The molecule has 0 radical (unpaired) electrons. The summed E-state index contributed by atoms with van der Waals surface area (Å²) in [5.74, 6) is -1.40. The summed E-state index contributed by atoms with van der Waals surface area (Å²) in [5, 5.41) is 5.36. The van der Waals surface area contributed by atoms with Crippen LogP contribution in [0.15, 0.2) is 53.5 Å². The standard InChI is InChI=1S/C19H16FN3O3/c1-11(24)21-13-4-3-5-14(9-13)22-19(26)16-10-23(2)17-7-6-12(20)8-15(17)18(16)25/h3-10H,1-2H3,(H,21,24)(H,22,26). The van der Waals surface area contributed by atoms with Gasteiger partial charge in [-0.2, -0.15) is 0 Å². The van der Waals surface area contributed by atoms with E-state index in [2.05, 4.69) is 10.6 Å². The molecule has 1 heterocycles. The lowest BCUT2D eigenvalue weighted by atomic mass is 10.1. The van der Waals surface area contributed by atoms with Gasteiger partial charge < -0.3 is 15.2 Å². The molecule has 2 N–H and O–H groups in total. The zero-order valence-corrected chi connectivity index (χ0v) is 14.2. The van der Waals surface area contributed by atoms with Gasteiger partial charge in [0, 0.05) is 36.9 Å². The highest BCUT2D eigenvalue weighted by atomic mass is 19.1. The molecule has 2 aromatic carbocycles. The van der Waals surface area contributed by atoms with Crippen molar-refractivity contribution in [3.8, 4) is 0 Å². The maximum absolute atomic E-state index is 13.5. The number of nitrogens with zero attached hydrogens (tertiary/aromatic N) is 1. The minimum atomic E-state index is -0.614. The number of aryl methyl sites for hydroxylation is 1. The van der Waals surface area contributed by atoms with Gasteiger partial charge in [0.1, 0.15) is 11.4 Å². The van der Waals surface area contributed by atoms with Gasteiger partial charge in [-0.15, -0.1) is 0 Å². The summed E-state index contributed by atoms with van der Waals surface area (Å²) in [5.41, 5.74) is 0.815. The number of pyridine rings is 1. The molecule has 26 heavy (non-hydrogen) atoms. The van der Waals surface area contributed by atoms with Gasteiger partial charge in [-0.3, -0.25) is 14.4 Å². The molecule has 0 aliphatic rings. The van der Waals surface area contributed by atoms with Crippen molar-refractivity contribution in [2.75, 3.05) is 10.6 Å². The molecule has 1 aromatic heterocycles. The van der Waals surface area contributed by atoms with Crippen molar-refractivity contribution in [1.82, 2.24) is 4.57 Å². The molecule has 0 aliphatic heterocycles. The molecule has 0 saturated heterocycles. The molecule has 132 valence electrons. The van der Waals surface area contributed by atoms with Crippen molar-refractivity contribution in [2.45, 2.75) is 6.92 Å². The molecule has 6 nitrogen and oxygen atoms in total. The van der Waals surface area contributed by atoms with Crippen molar-refractivity contribution in [3.63, 3.8) is 0 Å². The average Bonchev–Trinajstić information content (AvgIpc) is 2.57. The fraction of sp³-hybridized carbons (Fsp3) is 0.105. The second kappa shape index (κ2) is 6.79. The van der Waals surface area contributed by atoms with Gasteiger partial charge in [0.2, 0.25) is 11.3 Å². The lowest BCUT2D eigenvalue weighted by molar-refractivity contribution is -0.114. The van der Waals surface area contributed by atoms with E-state index in [1.54, 1.807) is 35.9 Å². The molecule has 2 amide bonds. The Labute approximate surface area is 148 Å². The molecule has 0 spiro atoms. The molecular formula is C19H16FN3O3. The summed E-state index contributed by atoms with van der Waals surface area (Å²) in [7, 11) is 1.67. The number of fused-ring (bicyclic) bond motifs is 1. The van der Waals surface area contributed by atoms with Crippen molar-refractivity contribution in [3.05, 3.63) is 70.3 Å². The third kappa shape index (κ3) is 3.46. The first-order valence-corrected chi connectivity index (χ1v) is 7.83. The monoisotopic (exact) mass is 353 g/mol. The molecule has 3 aromatic rings. The number of anilines is 2. The minimum absolute atomic E-state index is 0.101. The predicted octanol–water partition coefficient (Wildman–Crippen LogP) is 2.89. The Kier molecular flexibility index (Phi) is 4.53. The van der Waals surface area contributed by atoms with E-state index >= 15 is 0 Å². The number of halogens is 1. The Balaban J connectivity index is 1.97. The third-order valence-corrected chi connectivity index (χ3v) is 3.84. The van der Waals surface area contributed by atoms with Crippen LogP contribution in [0.4, 0.5) is 15.8 Å². The molecule has 3 rings (SSSR count). The number of amides is 2. The maximum Gasteiger partial charge on any atom is 0.261 e. The maximum atomic E-state index is 13.5. The number of aromatic nitrogens is 1. The lowest BCUT2D eigenvalue weighted by Gasteiger charge is -2.10. The molecule has 7 heteroatoms. The Morgan fingerprint density at radius 2 is 1.73 bits per heavy atom. The number of hydrogen-bond donors (Lipinski definition) is 2. The van der Waals surface area contributed by atoms with E-state index in [0.29, 0.717) is 16.9 Å². The molecule has 0 fully saturated rings. The number of nitrogens with one attached hydrogen (secondary N) is 2. The Morgan fingerprint density at radius 1 is 1.04 bits per heavy atom. The molecular weight excluding hydrogens is 337 g/mol. The van der Waals surface area contributed by atoms with E-state index in [-0.39, 0.29) is 16.9 Å². The van der Waals surface area contributed by atoms with E-state index in [1.165, 1.54) is 25.3 Å². The Morgan fingerprint density at radius 3 is 2.42 bits per heavy atom. The fourth-order valence-corrected chi connectivity index (χ4v) is 2.70. The largest absolute Gasteiger partial charge is 0.350 e. The van der Waals surface area contributed by atoms with Crippen LogP contribution < -0.4 is 16.1 Å². The number of rotatable bonds is 3. The highest BCUT2D eigenvalue weighted by molar-refractivity contribution is 6.06. The van der Waals surface area contributed by atoms with E-state index in [1.807, 2.05) is 0 Å². The van der Waals surface area contributed by atoms with Crippen molar-refractivity contribution in [2.24, 2.45) is 7.05 Å². The van der Waals surface area contributed by atoms with E-state index < -0.39 is 17.2 Å². The number of carbonyl (C=O) groups excluding carboxylic acids is 2. The molecule has 0 saturated carbocycles. The summed E-state index contributed by atoms with van der Waals surface area (Å²) in [4.78, 5) is 36.3. The summed E-state index contributed by atoms with van der Waals surface area (Å²) < 4.78 is 15.1. The van der Waals surface area contributed by atoms with Gasteiger partial charge >= 0.3 is 0 Å². The van der Waals surface area contributed by atoms with Gasteiger partial charge in [0.25, 0.3) is 5.91 Å². The average molecular weight is 353 g/mol. The van der Waals surface area contributed by atoms with Crippen molar-refractivity contribution >= 4 is 34.1 Å². The first-order valence-electron chi connectivity index (χ1n) is 7.83. The van der Waals surface area contributed by atoms with Crippen LogP contribution in [0.3, 0.4) is 0 Å². The first-order chi connectivity index (χ1) is 12.3. The van der Waals surface area contributed by atoms with Crippen LogP contribution in [0.5, 0.6) is 0 Å². The molecule has 0 atom stereocenters. The Hall–Kier alpha value is -3.48. The normalized spacial score (nSPS) is 10.6. The van der Waals surface area contributed by atoms with Gasteiger partial charge in [0.05, 0.1) is 5.52 Å². The van der Waals surface area contributed by atoms with Crippen LogP contribution in [0.2, 0.25) is 0 Å². The van der Waals surface area contributed by atoms with E-state index in [9.17, 15) is 18.8 Å². The molecule has 0 bridgehead atoms. The van der Waals surface area contributed by atoms with Gasteiger partial charge in [-0.1, -0.05) is 6.07 Å². The fourth-order valence-electron chi connectivity index (χ4n) is 2.70. The van der Waals surface area contributed by atoms with Crippen LogP contribution in [-0.2, 0) is 11.8 Å². The minimum Gasteiger partial charge on any atom is -0.350 e. The van der Waals surface area contributed by atoms with E-state index in [0.717, 1.165) is 6.07 Å². The Bertz CT molecular complexity index is 1090. The summed E-state index contributed by atoms with van der Waals surface area (Å²) >= 11 is 0. The molecule has 0 aliphatic carbocycles. The summed E-state index contributed by atoms with van der Waals surface area (Å²) in [6.45, 7) is 1.38. The lowest BCUT2D eigenvalue weighted by Crippen LogP contribution is -2.23. The highest BCUT2D eigenvalue weighted by Crippen LogP contribution is 2.17. The number of carbonyl (C=O) groups is 2. The van der Waals surface area contributed by atoms with Crippen molar-refractivity contribution < 1.29 is 14.0 Å².